The van der Waals surface area contributed by atoms with Crippen molar-refractivity contribution in [2.75, 3.05) is 13.2 Å². The van der Waals surface area contributed by atoms with Crippen molar-refractivity contribution in [3.05, 3.63) is 36.2 Å². The molecule has 1 unspecified atom stereocenters. The molecule has 0 amide bonds. The van der Waals surface area contributed by atoms with E-state index < -0.39 is 0 Å². The van der Waals surface area contributed by atoms with E-state index in [2.05, 4.69) is 27.4 Å². The number of aromatic amines is 1. The van der Waals surface area contributed by atoms with Gasteiger partial charge in [0.2, 0.25) is 0 Å². The number of nitrogens with zero attached hydrogens (tertiary/aromatic N) is 3. The second-order valence-electron chi connectivity index (χ2n) is 5.40. The molecule has 1 saturated heterocycles. The number of imidazole rings is 1. The fourth-order valence-electron chi connectivity index (χ4n) is 2.72. The maximum Gasteiger partial charge on any atom is 0.137 e. The molecule has 1 aliphatic rings. The monoisotopic (exact) mass is 275 g/mol. The van der Waals surface area contributed by atoms with Crippen LogP contribution in [0.1, 0.15) is 36.9 Å². The summed E-state index contributed by atoms with van der Waals surface area (Å²) in [5, 5.41) is 10.4. The van der Waals surface area contributed by atoms with Crippen LogP contribution >= 0.6 is 0 Å². The summed E-state index contributed by atoms with van der Waals surface area (Å²) in [6.07, 6.45) is 8.76. The first-order chi connectivity index (χ1) is 9.75. The average Bonchev–Trinajstić information content (AvgIpc) is 3.17. The summed E-state index contributed by atoms with van der Waals surface area (Å²) >= 11 is 0. The highest BCUT2D eigenvalue weighted by Gasteiger charge is 2.32. The second-order valence-corrected chi connectivity index (χ2v) is 5.40. The van der Waals surface area contributed by atoms with E-state index in [-0.39, 0.29) is 12.1 Å². The van der Waals surface area contributed by atoms with Crippen LogP contribution in [0.5, 0.6) is 0 Å². The normalized spacial score (nSPS) is 24.1. The molecule has 0 spiro atoms. The molecular formula is C14H21N5O. The van der Waals surface area contributed by atoms with E-state index in [1.165, 1.54) is 5.56 Å². The van der Waals surface area contributed by atoms with Crippen LogP contribution in [-0.4, -0.2) is 32.9 Å². The van der Waals surface area contributed by atoms with Crippen molar-refractivity contribution in [1.29, 1.82) is 0 Å². The van der Waals surface area contributed by atoms with E-state index in [0.29, 0.717) is 5.92 Å². The van der Waals surface area contributed by atoms with Gasteiger partial charge < -0.3 is 14.6 Å². The van der Waals surface area contributed by atoms with Gasteiger partial charge in [0.25, 0.3) is 0 Å². The number of hydrogen-bond acceptors (Lipinski definition) is 4. The number of rotatable bonds is 5. The molecule has 20 heavy (non-hydrogen) atoms. The fourth-order valence-corrected chi connectivity index (χ4v) is 2.72. The minimum absolute atomic E-state index is 0.0963. The summed E-state index contributed by atoms with van der Waals surface area (Å²) in [7, 11) is 2.02. The van der Waals surface area contributed by atoms with Crippen LogP contribution in [0, 0.1) is 5.92 Å². The van der Waals surface area contributed by atoms with Gasteiger partial charge in [-0.3, -0.25) is 5.10 Å². The Hall–Kier alpha value is -1.66. The zero-order chi connectivity index (χ0) is 13.9. The molecule has 2 N–H and O–H groups in total. The summed E-state index contributed by atoms with van der Waals surface area (Å²) in [6, 6.07) is 0.288. The lowest BCUT2D eigenvalue weighted by molar-refractivity contribution is 0.0806. The molecule has 6 heteroatoms. The third-order valence-electron chi connectivity index (χ3n) is 4.03. The topological polar surface area (TPSA) is 67.8 Å². The predicted octanol–water partition coefficient (Wildman–Crippen LogP) is 1.57. The molecule has 3 heterocycles. The van der Waals surface area contributed by atoms with Gasteiger partial charge >= 0.3 is 0 Å². The molecule has 2 aromatic rings. The number of aryl methyl sites for hydroxylation is 1. The highest BCUT2D eigenvalue weighted by Crippen LogP contribution is 2.33. The molecular weight excluding hydrogens is 254 g/mol. The van der Waals surface area contributed by atoms with Crippen molar-refractivity contribution in [1.82, 2.24) is 25.1 Å². The van der Waals surface area contributed by atoms with E-state index in [9.17, 15) is 0 Å². The minimum Gasteiger partial charge on any atom is -0.370 e. The molecule has 0 saturated carbocycles. The van der Waals surface area contributed by atoms with Crippen LogP contribution < -0.4 is 5.32 Å². The Bertz CT molecular complexity index is 536. The van der Waals surface area contributed by atoms with Crippen LogP contribution in [0.4, 0.5) is 0 Å². The highest BCUT2D eigenvalue weighted by molar-refractivity contribution is 5.08. The van der Waals surface area contributed by atoms with Gasteiger partial charge in [-0.2, -0.15) is 5.10 Å². The van der Waals surface area contributed by atoms with Crippen molar-refractivity contribution >= 4 is 0 Å². The fraction of sp³-hybridized carbons (Fsp3) is 0.571. The van der Waals surface area contributed by atoms with E-state index >= 15 is 0 Å². The molecule has 1 fully saturated rings. The highest BCUT2D eigenvalue weighted by atomic mass is 16.5. The van der Waals surface area contributed by atoms with Crippen LogP contribution in [0.25, 0.3) is 0 Å². The van der Waals surface area contributed by atoms with Gasteiger partial charge in [0.1, 0.15) is 11.9 Å². The van der Waals surface area contributed by atoms with Gasteiger partial charge in [0.05, 0.1) is 6.20 Å². The van der Waals surface area contributed by atoms with Gasteiger partial charge in [-0.15, -0.1) is 0 Å². The third kappa shape index (κ3) is 2.62. The Morgan fingerprint density at radius 1 is 1.60 bits per heavy atom. The van der Waals surface area contributed by atoms with E-state index in [1.807, 2.05) is 36.4 Å². The molecule has 2 aromatic heterocycles. The van der Waals surface area contributed by atoms with Crippen LogP contribution in [0.3, 0.4) is 0 Å². The predicted molar refractivity (Wildman–Crippen MR) is 75.0 cm³/mol. The standard InChI is InChI=1S/C14H21N5O/c1-10(12-8-17-18-9-12)16-7-11-3-6-20-13(11)14-15-4-5-19(14)2/h4-5,8-11,13,16H,3,6-7H2,1-2H3,(H,17,18)/t10?,11-,13+/m0/s1. The molecule has 6 nitrogen and oxygen atoms in total. The van der Waals surface area contributed by atoms with Crippen molar-refractivity contribution in [3.8, 4) is 0 Å². The van der Waals surface area contributed by atoms with Crippen LogP contribution in [0.15, 0.2) is 24.8 Å². The number of aromatic nitrogens is 4. The van der Waals surface area contributed by atoms with Gasteiger partial charge in [0, 0.05) is 56.3 Å². The first-order valence-electron chi connectivity index (χ1n) is 7.06. The summed E-state index contributed by atoms with van der Waals surface area (Å²) in [5.74, 6) is 1.48. The molecule has 1 aliphatic heterocycles. The number of ether oxygens (including phenoxy) is 1. The maximum atomic E-state index is 5.87. The molecule has 3 rings (SSSR count). The molecule has 0 radical (unpaired) electrons. The van der Waals surface area contributed by atoms with Gasteiger partial charge in [-0.05, 0) is 13.3 Å². The molecule has 0 aliphatic carbocycles. The van der Waals surface area contributed by atoms with Gasteiger partial charge in [0.15, 0.2) is 0 Å². The molecule has 3 atom stereocenters. The zero-order valence-corrected chi connectivity index (χ0v) is 11.9. The van der Waals surface area contributed by atoms with E-state index in [0.717, 1.165) is 25.4 Å². The van der Waals surface area contributed by atoms with Crippen LogP contribution in [-0.2, 0) is 11.8 Å². The van der Waals surface area contributed by atoms with Crippen molar-refractivity contribution in [2.24, 2.45) is 13.0 Å². The Labute approximate surface area is 118 Å². The average molecular weight is 275 g/mol. The largest absolute Gasteiger partial charge is 0.370 e. The molecule has 108 valence electrons. The molecule has 0 aromatic carbocycles. The smallest absolute Gasteiger partial charge is 0.137 e. The third-order valence-corrected chi connectivity index (χ3v) is 4.03. The quantitative estimate of drug-likeness (QED) is 0.869. The summed E-state index contributed by atoms with van der Waals surface area (Å²) in [5.41, 5.74) is 1.18. The lowest BCUT2D eigenvalue weighted by atomic mass is 10.00. The van der Waals surface area contributed by atoms with E-state index in [4.69, 9.17) is 4.74 Å². The summed E-state index contributed by atoms with van der Waals surface area (Å²) < 4.78 is 7.92. The summed E-state index contributed by atoms with van der Waals surface area (Å²) in [4.78, 5) is 4.42. The zero-order valence-electron chi connectivity index (χ0n) is 11.9. The Kier molecular flexibility index (Phi) is 3.84. The first kappa shape index (κ1) is 13.3. The van der Waals surface area contributed by atoms with E-state index in [1.54, 1.807) is 0 Å². The Balaban J connectivity index is 1.61. The van der Waals surface area contributed by atoms with Crippen molar-refractivity contribution in [2.45, 2.75) is 25.5 Å². The number of H-pyrrole nitrogens is 1. The summed E-state index contributed by atoms with van der Waals surface area (Å²) in [6.45, 7) is 3.88. The van der Waals surface area contributed by atoms with Crippen molar-refractivity contribution in [3.63, 3.8) is 0 Å². The SMILES string of the molecule is CC(NC[C@@H]1CCO[C@H]1c1nccn1C)c1cn[nH]c1. The second kappa shape index (κ2) is 5.76. The van der Waals surface area contributed by atoms with Gasteiger partial charge in [-0.1, -0.05) is 0 Å². The van der Waals surface area contributed by atoms with Crippen molar-refractivity contribution < 1.29 is 4.74 Å². The van der Waals surface area contributed by atoms with Crippen LogP contribution in [0.2, 0.25) is 0 Å². The lowest BCUT2D eigenvalue weighted by Crippen LogP contribution is -2.28. The number of hydrogen-bond donors (Lipinski definition) is 2. The molecule has 0 bridgehead atoms. The lowest BCUT2D eigenvalue weighted by Gasteiger charge is -2.21. The Morgan fingerprint density at radius 3 is 3.20 bits per heavy atom. The maximum absolute atomic E-state index is 5.87. The first-order valence-corrected chi connectivity index (χ1v) is 7.06. The van der Waals surface area contributed by atoms with Gasteiger partial charge in [-0.25, -0.2) is 4.98 Å². The number of nitrogens with one attached hydrogen (secondary N) is 2. The minimum atomic E-state index is 0.0963. The Morgan fingerprint density at radius 2 is 2.50 bits per heavy atom.